The molecule has 0 spiro atoms. The Bertz CT molecular complexity index is 2500. The molecule has 4 aromatic carbocycles. The molecule has 1 N–H and O–H groups in total. The molecular formula is C58H68O4. The van der Waals surface area contributed by atoms with Gasteiger partial charge in [0.25, 0.3) is 0 Å². The molecule has 4 nitrogen and oxygen atoms in total. The van der Waals surface area contributed by atoms with E-state index >= 15 is 0 Å². The van der Waals surface area contributed by atoms with Crippen molar-refractivity contribution in [1.82, 2.24) is 0 Å². The van der Waals surface area contributed by atoms with E-state index in [4.69, 9.17) is 0 Å². The molecule has 0 aromatic heterocycles. The normalized spacial score (nSPS) is 19.7. The van der Waals surface area contributed by atoms with Crippen LogP contribution in [-0.4, -0.2) is 22.5 Å². The van der Waals surface area contributed by atoms with Crippen LogP contribution in [0.1, 0.15) is 174 Å². The number of allylic oxidation sites excluding steroid dienone is 2. The highest BCUT2D eigenvalue weighted by Gasteiger charge is 2.39. The number of ketones is 3. The van der Waals surface area contributed by atoms with Gasteiger partial charge >= 0.3 is 0 Å². The molecule has 0 bridgehead atoms. The first-order valence-corrected chi connectivity index (χ1v) is 22.9. The Hall–Kier alpha value is -5.09. The molecule has 0 atom stereocenters. The fourth-order valence-corrected chi connectivity index (χ4v) is 10.4. The van der Waals surface area contributed by atoms with Crippen LogP contribution in [0.25, 0.3) is 11.1 Å². The SMILES string of the molecule is C=C(c1ccc(CC2=C(O)CCC2=O)cc1)c1cc2c(cc1C)C(C)(C)CCC2(C)C.C=C(c1ccc(CC2C(=O)CCC2=O)cc1)c1cc2c(cc1C)C(C)(C)CCC2(C)C. The number of fused-ring (bicyclic) bond motifs is 2. The first kappa shape index (κ1) is 44.9. The topological polar surface area (TPSA) is 71.4 Å². The van der Waals surface area contributed by atoms with Crippen molar-refractivity contribution in [2.45, 2.75) is 155 Å². The lowest BCUT2D eigenvalue weighted by Crippen LogP contribution is -2.34. The fourth-order valence-electron chi connectivity index (χ4n) is 10.4. The fraction of sp³-hybridized carbons (Fsp3) is 0.431. The molecule has 0 heterocycles. The van der Waals surface area contributed by atoms with Gasteiger partial charge in [0.2, 0.25) is 0 Å². The van der Waals surface area contributed by atoms with Crippen molar-refractivity contribution in [2.24, 2.45) is 5.92 Å². The number of aliphatic hydroxyl groups excluding tert-OH is 1. The number of carbonyl (C=O) groups is 3. The number of aliphatic hydroxyl groups is 1. The maximum atomic E-state index is 12.0. The van der Waals surface area contributed by atoms with Gasteiger partial charge in [0.1, 0.15) is 11.6 Å². The molecule has 324 valence electrons. The van der Waals surface area contributed by atoms with Gasteiger partial charge in [-0.3, -0.25) is 14.4 Å². The third kappa shape index (κ3) is 8.77. The van der Waals surface area contributed by atoms with Crippen molar-refractivity contribution in [3.8, 4) is 0 Å². The smallest absolute Gasteiger partial charge is 0.162 e. The van der Waals surface area contributed by atoms with E-state index in [1.807, 2.05) is 24.3 Å². The van der Waals surface area contributed by atoms with Crippen LogP contribution in [0.4, 0.5) is 0 Å². The Kier molecular flexibility index (Phi) is 12.0. The van der Waals surface area contributed by atoms with Gasteiger partial charge in [-0.2, -0.15) is 0 Å². The van der Waals surface area contributed by atoms with Crippen molar-refractivity contribution in [3.05, 3.63) is 164 Å². The Balaban J connectivity index is 0.000000186. The van der Waals surface area contributed by atoms with E-state index in [9.17, 15) is 19.5 Å². The molecule has 1 saturated carbocycles. The average molecular weight is 829 g/mol. The Morgan fingerprint density at radius 2 is 0.919 bits per heavy atom. The van der Waals surface area contributed by atoms with E-state index in [0.29, 0.717) is 44.1 Å². The summed E-state index contributed by atoms with van der Waals surface area (Å²) in [6, 6.07) is 26.0. The number of carbonyl (C=O) groups excluding carboxylic acids is 3. The lowest BCUT2D eigenvalue weighted by molar-refractivity contribution is -0.127. The zero-order chi connectivity index (χ0) is 45.1. The molecule has 0 amide bonds. The molecule has 0 unspecified atom stereocenters. The predicted molar refractivity (Wildman–Crippen MR) is 256 cm³/mol. The van der Waals surface area contributed by atoms with Gasteiger partial charge < -0.3 is 5.11 Å². The van der Waals surface area contributed by atoms with Crippen molar-refractivity contribution in [1.29, 1.82) is 0 Å². The average Bonchev–Trinajstić information content (AvgIpc) is 3.72. The Morgan fingerprint density at radius 1 is 0.548 bits per heavy atom. The zero-order valence-electron chi connectivity index (χ0n) is 39.2. The lowest BCUT2D eigenvalue weighted by Gasteiger charge is -2.42. The number of rotatable bonds is 8. The largest absolute Gasteiger partial charge is 0.512 e. The molecule has 4 aliphatic rings. The van der Waals surface area contributed by atoms with Gasteiger partial charge in [0.15, 0.2) is 5.78 Å². The highest BCUT2D eigenvalue weighted by molar-refractivity contribution is 6.08. The van der Waals surface area contributed by atoms with E-state index in [2.05, 4.69) is 131 Å². The first-order valence-electron chi connectivity index (χ1n) is 22.9. The summed E-state index contributed by atoms with van der Waals surface area (Å²) in [5.41, 5.74) is 18.4. The zero-order valence-corrected chi connectivity index (χ0v) is 39.2. The number of hydrogen-bond acceptors (Lipinski definition) is 4. The summed E-state index contributed by atoms with van der Waals surface area (Å²) in [5, 5.41) is 9.96. The van der Waals surface area contributed by atoms with Crippen LogP contribution in [0.3, 0.4) is 0 Å². The van der Waals surface area contributed by atoms with Crippen LogP contribution in [-0.2, 0) is 48.9 Å². The quantitative estimate of drug-likeness (QED) is 0.180. The van der Waals surface area contributed by atoms with Gasteiger partial charge in [-0.25, -0.2) is 0 Å². The van der Waals surface area contributed by atoms with E-state index < -0.39 is 5.92 Å². The molecular weight excluding hydrogens is 761 g/mol. The monoisotopic (exact) mass is 829 g/mol. The minimum atomic E-state index is -0.442. The minimum absolute atomic E-state index is 0.0706. The van der Waals surface area contributed by atoms with Gasteiger partial charge in [-0.05, 0) is 146 Å². The van der Waals surface area contributed by atoms with E-state index in [0.717, 1.165) is 33.4 Å². The summed E-state index contributed by atoms with van der Waals surface area (Å²) in [7, 11) is 0. The second-order valence-corrected chi connectivity index (χ2v) is 21.5. The lowest BCUT2D eigenvalue weighted by atomic mass is 9.62. The van der Waals surface area contributed by atoms with Crippen LogP contribution in [0.2, 0.25) is 0 Å². The van der Waals surface area contributed by atoms with Gasteiger partial charge in [-0.15, -0.1) is 0 Å². The second-order valence-electron chi connectivity index (χ2n) is 21.5. The van der Waals surface area contributed by atoms with Crippen LogP contribution >= 0.6 is 0 Å². The van der Waals surface area contributed by atoms with Crippen molar-refractivity contribution < 1.29 is 19.5 Å². The molecule has 0 saturated heterocycles. The molecule has 4 heteroatoms. The summed E-state index contributed by atoms with van der Waals surface area (Å²) in [4.78, 5) is 35.9. The van der Waals surface area contributed by atoms with Crippen molar-refractivity contribution in [2.75, 3.05) is 0 Å². The summed E-state index contributed by atoms with van der Waals surface area (Å²) in [6.07, 6.45) is 7.54. The summed E-state index contributed by atoms with van der Waals surface area (Å²) in [5.74, 6) is 0.0693. The van der Waals surface area contributed by atoms with Crippen molar-refractivity contribution in [3.63, 3.8) is 0 Å². The standard InChI is InChI=1S/2C29H34O2/c2*1-18-15-24-25(29(5,6)14-13-28(24,3)4)17-22(18)19(2)21-9-7-20(8-10-21)16-23-26(30)11-12-27(23)31/h7-10,15,17,30H,2,11-14,16H2,1,3-6H3;7-10,15,17,23H,2,11-14,16H2,1,3-6H3. The third-order valence-corrected chi connectivity index (χ3v) is 15.1. The third-order valence-electron chi connectivity index (χ3n) is 15.1. The molecule has 0 aliphatic heterocycles. The number of benzene rings is 4. The van der Waals surface area contributed by atoms with Crippen LogP contribution in [0.15, 0.2) is 97.3 Å². The van der Waals surface area contributed by atoms with Crippen LogP contribution < -0.4 is 0 Å². The van der Waals surface area contributed by atoms with E-state index in [1.165, 1.54) is 70.2 Å². The van der Waals surface area contributed by atoms with Crippen LogP contribution in [0, 0.1) is 19.8 Å². The minimum Gasteiger partial charge on any atom is -0.512 e. The Labute approximate surface area is 371 Å². The maximum Gasteiger partial charge on any atom is 0.162 e. The van der Waals surface area contributed by atoms with Crippen LogP contribution in [0.5, 0.6) is 0 Å². The van der Waals surface area contributed by atoms with Gasteiger partial charge in [-0.1, -0.05) is 141 Å². The highest BCUT2D eigenvalue weighted by atomic mass is 16.3. The highest BCUT2D eigenvalue weighted by Crippen LogP contribution is 2.49. The number of Topliss-reactive ketones (excluding diaryl/α,β-unsaturated/α-hetero) is 3. The molecule has 1 fully saturated rings. The number of hydrogen-bond donors (Lipinski definition) is 1. The Morgan fingerprint density at radius 3 is 1.29 bits per heavy atom. The van der Waals surface area contributed by atoms with E-state index in [-0.39, 0.29) is 44.8 Å². The van der Waals surface area contributed by atoms with Gasteiger partial charge in [0, 0.05) is 37.7 Å². The number of aryl methyl sites for hydroxylation is 2. The molecule has 8 rings (SSSR count). The molecule has 4 aromatic rings. The molecule has 62 heavy (non-hydrogen) atoms. The van der Waals surface area contributed by atoms with Gasteiger partial charge in [0.05, 0.1) is 11.7 Å². The molecule has 0 radical (unpaired) electrons. The summed E-state index contributed by atoms with van der Waals surface area (Å²) < 4.78 is 0. The van der Waals surface area contributed by atoms with E-state index in [1.54, 1.807) is 0 Å². The molecule has 4 aliphatic carbocycles. The maximum absolute atomic E-state index is 12.0. The summed E-state index contributed by atoms with van der Waals surface area (Å²) in [6.45, 7) is 32.1. The second kappa shape index (κ2) is 16.6. The predicted octanol–water partition coefficient (Wildman–Crippen LogP) is 13.6. The first-order chi connectivity index (χ1) is 29.0. The summed E-state index contributed by atoms with van der Waals surface area (Å²) >= 11 is 0. The van der Waals surface area contributed by atoms with Crippen molar-refractivity contribution >= 4 is 28.5 Å².